The van der Waals surface area contributed by atoms with Gasteiger partial charge in [0.05, 0.1) is 13.2 Å². The summed E-state index contributed by atoms with van der Waals surface area (Å²) in [5.41, 5.74) is 0.915. The summed E-state index contributed by atoms with van der Waals surface area (Å²) in [5, 5.41) is 6.48. The molecule has 0 saturated carbocycles. The summed E-state index contributed by atoms with van der Waals surface area (Å²) in [6.07, 6.45) is 0.633. The van der Waals surface area contributed by atoms with E-state index < -0.39 is 0 Å². The van der Waals surface area contributed by atoms with Gasteiger partial charge in [0.15, 0.2) is 5.96 Å². The molecule has 0 atom stereocenters. The molecule has 0 spiro atoms. The Morgan fingerprint density at radius 1 is 1.35 bits per heavy atom. The molecule has 0 aliphatic carbocycles. The van der Waals surface area contributed by atoms with Crippen molar-refractivity contribution < 1.29 is 9.13 Å². The molecular weight excluding hydrogens is 257 g/mol. The smallest absolute Gasteiger partial charge is 0.191 e. The van der Waals surface area contributed by atoms with Crippen LogP contribution < -0.4 is 10.6 Å². The van der Waals surface area contributed by atoms with Crippen molar-refractivity contribution in [1.29, 1.82) is 0 Å². The van der Waals surface area contributed by atoms with Crippen LogP contribution in [0.25, 0.3) is 0 Å². The van der Waals surface area contributed by atoms with Crippen LogP contribution in [0.3, 0.4) is 0 Å². The number of hydrogen-bond donors (Lipinski definition) is 2. The molecule has 0 radical (unpaired) electrons. The molecular formula is C15H22FN3O. The molecule has 1 aromatic rings. The summed E-state index contributed by atoms with van der Waals surface area (Å²) < 4.78 is 18.7. The summed E-state index contributed by atoms with van der Waals surface area (Å²) in [6.45, 7) is 5.22. The van der Waals surface area contributed by atoms with E-state index in [-0.39, 0.29) is 11.2 Å². The van der Waals surface area contributed by atoms with Crippen LogP contribution in [-0.4, -0.2) is 39.3 Å². The Hall–Kier alpha value is -1.62. The minimum Gasteiger partial charge on any atom is -0.380 e. The zero-order chi connectivity index (χ0) is 14.4. The summed E-state index contributed by atoms with van der Waals surface area (Å²) >= 11 is 0. The minimum absolute atomic E-state index is 0.156. The predicted octanol–water partition coefficient (Wildman–Crippen LogP) is 1.57. The first-order valence-corrected chi connectivity index (χ1v) is 6.89. The number of aliphatic imine (C=N–C) groups is 1. The molecule has 1 aliphatic heterocycles. The van der Waals surface area contributed by atoms with Gasteiger partial charge < -0.3 is 15.4 Å². The second kappa shape index (κ2) is 6.70. The number of rotatable bonds is 5. The number of ether oxygens (including phenoxy) is 1. The van der Waals surface area contributed by atoms with Gasteiger partial charge in [-0.1, -0.05) is 25.1 Å². The average molecular weight is 279 g/mol. The fourth-order valence-corrected chi connectivity index (χ4v) is 2.09. The van der Waals surface area contributed by atoms with Crippen LogP contribution in [0.5, 0.6) is 0 Å². The van der Waals surface area contributed by atoms with Crippen LogP contribution in [0.1, 0.15) is 12.5 Å². The van der Waals surface area contributed by atoms with Crippen molar-refractivity contribution in [3.8, 4) is 0 Å². The Morgan fingerprint density at radius 2 is 2.10 bits per heavy atom. The van der Waals surface area contributed by atoms with Crippen molar-refractivity contribution in [1.82, 2.24) is 10.6 Å². The standard InChI is InChI=1S/C15H22FN3O/c1-15(10-20-11-15)9-19-14(17-2)18-8-7-12-5-3-4-6-13(12)16/h3-6H,7-11H2,1-2H3,(H2,17,18,19). The van der Waals surface area contributed by atoms with Gasteiger partial charge in [0, 0.05) is 25.6 Å². The number of hydrogen-bond acceptors (Lipinski definition) is 2. The molecule has 1 fully saturated rings. The SMILES string of the molecule is CN=C(NCCc1ccccc1F)NCC1(C)COC1. The summed E-state index contributed by atoms with van der Waals surface area (Å²) in [6, 6.07) is 6.84. The molecule has 1 aromatic carbocycles. The van der Waals surface area contributed by atoms with Gasteiger partial charge in [0.25, 0.3) is 0 Å². The molecule has 0 aromatic heterocycles. The normalized spacial score (nSPS) is 17.4. The first kappa shape index (κ1) is 14.8. The highest BCUT2D eigenvalue weighted by atomic mass is 19.1. The molecule has 0 amide bonds. The van der Waals surface area contributed by atoms with Gasteiger partial charge in [-0.15, -0.1) is 0 Å². The molecule has 5 heteroatoms. The van der Waals surface area contributed by atoms with E-state index in [1.165, 1.54) is 6.07 Å². The lowest BCUT2D eigenvalue weighted by Crippen LogP contribution is -2.51. The lowest BCUT2D eigenvalue weighted by atomic mass is 9.89. The van der Waals surface area contributed by atoms with Crippen molar-refractivity contribution >= 4 is 5.96 Å². The number of nitrogens with zero attached hydrogens (tertiary/aromatic N) is 1. The van der Waals surface area contributed by atoms with Gasteiger partial charge in [0.2, 0.25) is 0 Å². The van der Waals surface area contributed by atoms with Crippen LogP contribution in [-0.2, 0) is 11.2 Å². The van der Waals surface area contributed by atoms with Crippen molar-refractivity contribution in [2.24, 2.45) is 10.4 Å². The zero-order valence-electron chi connectivity index (χ0n) is 12.1. The van der Waals surface area contributed by atoms with Crippen LogP contribution in [0.4, 0.5) is 4.39 Å². The molecule has 2 rings (SSSR count). The fourth-order valence-electron chi connectivity index (χ4n) is 2.09. The van der Waals surface area contributed by atoms with Crippen LogP contribution >= 0.6 is 0 Å². The third-order valence-corrected chi connectivity index (χ3v) is 3.45. The number of halogens is 1. The second-order valence-corrected chi connectivity index (χ2v) is 5.50. The number of guanidine groups is 1. The van der Waals surface area contributed by atoms with Crippen LogP contribution in [0.15, 0.2) is 29.3 Å². The van der Waals surface area contributed by atoms with E-state index in [1.807, 2.05) is 6.07 Å². The molecule has 1 aliphatic rings. The van der Waals surface area contributed by atoms with Gasteiger partial charge in [-0.2, -0.15) is 0 Å². The zero-order valence-corrected chi connectivity index (χ0v) is 12.1. The van der Waals surface area contributed by atoms with E-state index in [9.17, 15) is 4.39 Å². The highest BCUT2D eigenvalue weighted by Gasteiger charge is 2.33. The quantitative estimate of drug-likeness (QED) is 0.635. The van der Waals surface area contributed by atoms with Gasteiger partial charge >= 0.3 is 0 Å². The highest BCUT2D eigenvalue weighted by Crippen LogP contribution is 2.24. The Balaban J connectivity index is 1.73. The van der Waals surface area contributed by atoms with Crippen LogP contribution in [0.2, 0.25) is 0 Å². The van der Waals surface area contributed by atoms with Gasteiger partial charge in [0.1, 0.15) is 5.82 Å². The Morgan fingerprint density at radius 3 is 2.70 bits per heavy atom. The molecule has 110 valence electrons. The maximum atomic E-state index is 13.5. The molecule has 4 nitrogen and oxygen atoms in total. The van der Waals surface area contributed by atoms with E-state index in [1.54, 1.807) is 19.2 Å². The highest BCUT2D eigenvalue weighted by molar-refractivity contribution is 5.79. The Bertz CT molecular complexity index is 472. The topological polar surface area (TPSA) is 45.7 Å². The minimum atomic E-state index is -0.156. The van der Waals surface area contributed by atoms with E-state index >= 15 is 0 Å². The summed E-state index contributed by atoms with van der Waals surface area (Å²) in [7, 11) is 1.73. The van der Waals surface area contributed by atoms with Crippen LogP contribution in [0, 0.1) is 11.2 Å². The van der Waals surface area contributed by atoms with Crippen molar-refractivity contribution in [3.05, 3.63) is 35.6 Å². The summed E-state index contributed by atoms with van der Waals surface area (Å²) in [4.78, 5) is 4.16. The Kier molecular flexibility index (Phi) is 4.95. The lowest BCUT2D eigenvalue weighted by Gasteiger charge is -2.38. The maximum Gasteiger partial charge on any atom is 0.191 e. The first-order chi connectivity index (χ1) is 9.63. The second-order valence-electron chi connectivity index (χ2n) is 5.50. The van der Waals surface area contributed by atoms with Gasteiger partial charge in [-0.05, 0) is 18.1 Å². The van der Waals surface area contributed by atoms with Crippen molar-refractivity contribution in [3.63, 3.8) is 0 Å². The molecule has 2 N–H and O–H groups in total. The van der Waals surface area contributed by atoms with Gasteiger partial charge in [-0.3, -0.25) is 4.99 Å². The molecule has 1 saturated heterocycles. The predicted molar refractivity (Wildman–Crippen MR) is 78.4 cm³/mol. The lowest BCUT2D eigenvalue weighted by molar-refractivity contribution is -0.0971. The molecule has 20 heavy (non-hydrogen) atoms. The third kappa shape index (κ3) is 3.93. The Labute approximate surface area is 119 Å². The molecule has 0 unspecified atom stereocenters. The first-order valence-electron chi connectivity index (χ1n) is 6.89. The largest absolute Gasteiger partial charge is 0.380 e. The van der Waals surface area contributed by atoms with E-state index in [2.05, 4.69) is 22.5 Å². The van der Waals surface area contributed by atoms with E-state index in [0.717, 1.165) is 31.3 Å². The summed E-state index contributed by atoms with van der Waals surface area (Å²) in [5.74, 6) is 0.589. The molecule has 0 bridgehead atoms. The van der Waals surface area contributed by atoms with E-state index in [4.69, 9.17) is 4.74 Å². The van der Waals surface area contributed by atoms with E-state index in [0.29, 0.717) is 13.0 Å². The average Bonchev–Trinajstić information content (AvgIpc) is 2.42. The number of nitrogens with one attached hydrogen (secondary N) is 2. The fraction of sp³-hybridized carbons (Fsp3) is 0.533. The maximum absolute atomic E-state index is 13.5. The number of benzene rings is 1. The third-order valence-electron chi connectivity index (χ3n) is 3.45. The van der Waals surface area contributed by atoms with Crippen molar-refractivity contribution in [2.45, 2.75) is 13.3 Å². The monoisotopic (exact) mass is 279 g/mol. The van der Waals surface area contributed by atoms with Gasteiger partial charge in [-0.25, -0.2) is 4.39 Å². The van der Waals surface area contributed by atoms with Crippen molar-refractivity contribution in [2.75, 3.05) is 33.4 Å². The molecule has 1 heterocycles.